The van der Waals surface area contributed by atoms with Gasteiger partial charge in [0.15, 0.2) is 0 Å². The number of thioether (sulfide) groups is 1. The molecule has 1 aromatic carbocycles. The van der Waals surface area contributed by atoms with Gasteiger partial charge >= 0.3 is 0 Å². The van der Waals surface area contributed by atoms with Crippen molar-refractivity contribution in [3.63, 3.8) is 0 Å². The molecule has 0 bridgehead atoms. The van der Waals surface area contributed by atoms with Gasteiger partial charge in [0.25, 0.3) is 0 Å². The Hall–Kier alpha value is -1.00. The van der Waals surface area contributed by atoms with Gasteiger partial charge in [-0.2, -0.15) is 0 Å². The Kier molecular flexibility index (Phi) is 4.66. The lowest BCUT2D eigenvalue weighted by Crippen LogP contribution is -2.41. The molecule has 1 heterocycles. The smallest absolute Gasteiger partial charge is 0.243 e. The van der Waals surface area contributed by atoms with Gasteiger partial charge in [-0.25, -0.2) is 0 Å². The molecule has 0 saturated carbocycles. The SMILES string of the molecule is CCSc1ccc(N(C)C(=O)C2CCCN2)cc1. The van der Waals surface area contributed by atoms with Crippen molar-refractivity contribution >= 4 is 23.4 Å². The highest BCUT2D eigenvalue weighted by Crippen LogP contribution is 2.22. The van der Waals surface area contributed by atoms with Crippen LogP contribution in [0.25, 0.3) is 0 Å². The molecule has 1 saturated heterocycles. The lowest BCUT2D eigenvalue weighted by molar-refractivity contribution is -0.119. The summed E-state index contributed by atoms with van der Waals surface area (Å²) in [5.41, 5.74) is 0.967. The van der Waals surface area contributed by atoms with Gasteiger partial charge in [-0.1, -0.05) is 6.92 Å². The number of hydrogen-bond donors (Lipinski definition) is 1. The molecule has 2 rings (SSSR count). The van der Waals surface area contributed by atoms with Crippen molar-refractivity contribution in [2.75, 3.05) is 24.2 Å². The van der Waals surface area contributed by atoms with E-state index >= 15 is 0 Å². The zero-order valence-corrected chi connectivity index (χ0v) is 11.8. The summed E-state index contributed by atoms with van der Waals surface area (Å²) in [5.74, 6) is 1.24. The summed E-state index contributed by atoms with van der Waals surface area (Å²) < 4.78 is 0. The third kappa shape index (κ3) is 3.06. The molecular formula is C14H20N2OS. The van der Waals surface area contributed by atoms with E-state index in [2.05, 4.69) is 24.4 Å². The Morgan fingerprint density at radius 2 is 2.17 bits per heavy atom. The molecule has 0 radical (unpaired) electrons. The van der Waals surface area contributed by atoms with Gasteiger partial charge in [-0.3, -0.25) is 4.79 Å². The molecule has 3 nitrogen and oxygen atoms in total. The Balaban J connectivity index is 2.03. The molecule has 1 aromatic rings. The number of amides is 1. The third-order valence-electron chi connectivity index (χ3n) is 3.22. The lowest BCUT2D eigenvalue weighted by atomic mass is 10.2. The van der Waals surface area contributed by atoms with Crippen LogP contribution >= 0.6 is 11.8 Å². The number of likely N-dealkylation sites (N-methyl/N-ethyl adjacent to an activating group) is 1. The van der Waals surface area contributed by atoms with Gasteiger partial charge in [0, 0.05) is 17.6 Å². The Labute approximate surface area is 113 Å². The van der Waals surface area contributed by atoms with Gasteiger partial charge in [-0.15, -0.1) is 11.8 Å². The largest absolute Gasteiger partial charge is 0.314 e. The number of carbonyl (C=O) groups is 1. The van der Waals surface area contributed by atoms with Crippen LogP contribution in [0.5, 0.6) is 0 Å². The minimum absolute atomic E-state index is 0.000284. The predicted octanol–water partition coefficient (Wildman–Crippen LogP) is 2.51. The highest BCUT2D eigenvalue weighted by atomic mass is 32.2. The molecule has 18 heavy (non-hydrogen) atoms. The second-order valence-corrected chi connectivity index (χ2v) is 5.81. The van der Waals surface area contributed by atoms with Gasteiger partial charge in [-0.05, 0) is 49.4 Å². The molecule has 0 aromatic heterocycles. The average molecular weight is 264 g/mol. The molecule has 1 unspecified atom stereocenters. The van der Waals surface area contributed by atoms with Crippen molar-refractivity contribution in [3.05, 3.63) is 24.3 Å². The first-order chi connectivity index (χ1) is 8.72. The van der Waals surface area contributed by atoms with Crippen molar-refractivity contribution in [1.29, 1.82) is 0 Å². The van der Waals surface area contributed by atoms with E-state index in [1.807, 2.05) is 30.9 Å². The number of nitrogens with zero attached hydrogens (tertiary/aromatic N) is 1. The van der Waals surface area contributed by atoms with Gasteiger partial charge < -0.3 is 10.2 Å². The number of benzene rings is 1. The van der Waals surface area contributed by atoms with E-state index in [0.29, 0.717) is 0 Å². The molecule has 1 atom stereocenters. The number of nitrogens with one attached hydrogen (secondary N) is 1. The second kappa shape index (κ2) is 6.25. The van der Waals surface area contributed by atoms with Crippen LogP contribution in [0, 0.1) is 0 Å². The molecule has 1 amide bonds. The minimum Gasteiger partial charge on any atom is -0.314 e. The molecule has 4 heteroatoms. The standard InChI is InChI=1S/C14H20N2OS/c1-3-18-12-8-6-11(7-9-12)16(2)14(17)13-5-4-10-15-13/h6-9,13,15H,3-5,10H2,1-2H3. The van der Waals surface area contributed by atoms with Gasteiger partial charge in [0.05, 0.1) is 6.04 Å². The summed E-state index contributed by atoms with van der Waals surface area (Å²) in [7, 11) is 1.85. The summed E-state index contributed by atoms with van der Waals surface area (Å²) in [6, 6.07) is 8.19. The lowest BCUT2D eigenvalue weighted by Gasteiger charge is -2.21. The van der Waals surface area contributed by atoms with E-state index < -0.39 is 0 Å². The van der Waals surface area contributed by atoms with Crippen molar-refractivity contribution in [1.82, 2.24) is 5.32 Å². The number of rotatable bonds is 4. The predicted molar refractivity (Wildman–Crippen MR) is 77.3 cm³/mol. The van der Waals surface area contributed by atoms with Crippen molar-refractivity contribution in [2.45, 2.75) is 30.7 Å². The summed E-state index contributed by atoms with van der Waals surface area (Å²) in [6.07, 6.45) is 2.04. The fourth-order valence-corrected chi connectivity index (χ4v) is 2.85. The van der Waals surface area contributed by atoms with Crippen LogP contribution in [0.2, 0.25) is 0 Å². The quantitative estimate of drug-likeness (QED) is 0.848. The first kappa shape index (κ1) is 13.4. The molecule has 1 N–H and O–H groups in total. The van der Waals surface area contributed by atoms with Gasteiger partial charge in [0.1, 0.15) is 0 Å². The van der Waals surface area contributed by atoms with Crippen LogP contribution in [0.4, 0.5) is 5.69 Å². The maximum atomic E-state index is 12.2. The molecular weight excluding hydrogens is 244 g/mol. The number of hydrogen-bond acceptors (Lipinski definition) is 3. The average Bonchev–Trinajstić information content (AvgIpc) is 2.92. The van der Waals surface area contributed by atoms with Crippen LogP contribution in [-0.2, 0) is 4.79 Å². The molecule has 1 aliphatic rings. The van der Waals surface area contributed by atoms with Crippen molar-refractivity contribution in [2.24, 2.45) is 0 Å². The van der Waals surface area contributed by atoms with E-state index in [1.54, 1.807) is 4.90 Å². The summed E-state index contributed by atoms with van der Waals surface area (Å²) >= 11 is 1.81. The highest BCUT2D eigenvalue weighted by Gasteiger charge is 2.25. The van der Waals surface area contributed by atoms with E-state index in [9.17, 15) is 4.79 Å². The van der Waals surface area contributed by atoms with Crippen molar-refractivity contribution < 1.29 is 4.79 Å². The summed E-state index contributed by atoms with van der Waals surface area (Å²) in [6.45, 7) is 3.09. The fourth-order valence-electron chi connectivity index (χ4n) is 2.19. The zero-order chi connectivity index (χ0) is 13.0. The maximum absolute atomic E-state index is 12.2. The van der Waals surface area contributed by atoms with E-state index in [0.717, 1.165) is 30.8 Å². The minimum atomic E-state index is -0.000284. The number of anilines is 1. The van der Waals surface area contributed by atoms with E-state index in [1.165, 1.54) is 4.90 Å². The third-order valence-corrected chi connectivity index (χ3v) is 4.12. The Morgan fingerprint density at radius 3 is 2.72 bits per heavy atom. The summed E-state index contributed by atoms with van der Waals surface area (Å²) in [5, 5.41) is 3.24. The molecule has 0 spiro atoms. The molecule has 1 aliphatic heterocycles. The molecule has 98 valence electrons. The topological polar surface area (TPSA) is 32.3 Å². The van der Waals surface area contributed by atoms with E-state index in [-0.39, 0.29) is 11.9 Å². The van der Waals surface area contributed by atoms with E-state index in [4.69, 9.17) is 0 Å². The molecule has 0 aliphatic carbocycles. The first-order valence-electron chi connectivity index (χ1n) is 6.46. The van der Waals surface area contributed by atoms with Crippen LogP contribution in [0.15, 0.2) is 29.2 Å². The monoisotopic (exact) mass is 264 g/mol. The second-order valence-electron chi connectivity index (χ2n) is 4.47. The Morgan fingerprint density at radius 1 is 1.44 bits per heavy atom. The Bertz CT molecular complexity index is 399. The summed E-state index contributed by atoms with van der Waals surface area (Å²) in [4.78, 5) is 15.2. The normalized spacial score (nSPS) is 18.9. The van der Waals surface area contributed by atoms with Crippen LogP contribution < -0.4 is 10.2 Å². The van der Waals surface area contributed by atoms with Crippen LogP contribution in [0.3, 0.4) is 0 Å². The van der Waals surface area contributed by atoms with Gasteiger partial charge in [0.2, 0.25) is 5.91 Å². The van der Waals surface area contributed by atoms with Crippen LogP contribution in [-0.4, -0.2) is 31.3 Å². The zero-order valence-electron chi connectivity index (χ0n) is 11.0. The first-order valence-corrected chi connectivity index (χ1v) is 7.44. The number of carbonyl (C=O) groups excluding carboxylic acids is 1. The highest BCUT2D eigenvalue weighted by molar-refractivity contribution is 7.99. The van der Waals surface area contributed by atoms with Crippen LogP contribution in [0.1, 0.15) is 19.8 Å². The maximum Gasteiger partial charge on any atom is 0.243 e. The fraction of sp³-hybridized carbons (Fsp3) is 0.500. The van der Waals surface area contributed by atoms with Crippen molar-refractivity contribution in [3.8, 4) is 0 Å². The molecule has 1 fully saturated rings.